The molecule has 0 unspecified atom stereocenters. The molecule has 1 saturated carbocycles. The van der Waals surface area contributed by atoms with Crippen LogP contribution < -0.4 is 10.5 Å². The monoisotopic (exact) mass is 397 g/mol. The maximum absolute atomic E-state index is 12.7. The van der Waals surface area contributed by atoms with Crippen molar-refractivity contribution in [3.05, 3.63) is 51.9 Å². The first-order valence-electron chi connectivity index (χ1n) is 8.26. The molecule has 3 rings (SSSR count). The van der Waals surface area contributed by atoms with Crippen molar-refractivity contribution >= 4 is 23.5 Å². The maximum Gasteiger partial charge on any atom is 0.446 e. The third-order valence-corrected chi connectivity index (χ3v) is 5.23. The fourth-order valence-corrected chi connectivity index (χ4v) is 3.47. The van der Waals surface area contributed by atoms with Gasteiger partial charge in [-0.15, -0.1) is 0 Å². The van der Waals surface area contributed by atoms with E-state index in [0.29, 0.717) is 5.95 Å². The summed E-state index contributed by atoms with van der Waals surface area (Å²) in [5.41, 5.74) is -4.19. The summed E-state index contributed by atoms with van der Waals surface area (Å²) in [7, 11) is 3.41. The normalized spacial score (nSPS) is 15.4. The molecule has 9 heteroatoms. The van der Waals surface area contributed by atoms with Crippen LogP contribution in [0.15, 0.2) is 40.0 Å². The van der Waals surface area contributed by atoms with Crippen LogP contribution >= 0.6 is 11.8 Å². The van der Waals surface area contributed by atoms with E-state index in [4.69, 9.17) is 0 Å². The zero-order chi connectivity index (χ0) is 19.8. The summed E-state index contributed by atoms with van der Waals surface area (Å²) in [6.45, 7) is 0. The third-order valence-electron chi connectivity index (χ3n) is 4.49. The van der Waals surface area contributed by atoms with Gasteiger partial charge in [0.15, 0.2) is 5.78 Å². The molecule has 0 aliphatic heterocycles. The van der Waals surface area contributed by atoms with Gasteiger partial charge in [-0.2, -0.15) is 13.2 Å². The molecule has 144 valence electrons. The molecule has 27 heavy (non-hydrogen) atoms. The molecule has 0 spiro atoms. The number of carbonyl (C=O) groups is 1. The first-order valence-corrected chi connectivity index (χ1v) is 9.08. The van der Waals surface area contributed by atoms with Crippen LogP contribution in [0, 0.1) is 0 Å². The number of Topliss-reactive ketones (excluding diaryl/α,β-unsaturated/α-hetero) is 1. The summed E-state index contributed by atoms with van der Waals surface area (Å²) in [6.07, 6.45) is 1.71. The number of carbonyl (C=O) groups excluding carboxylic acids is 1. The van der Waals surface area contributed by atoms with Crippen molar-refractivity contribution < 1.29 is 18.0 Å². The SMILES string of the molecule is CN(C)c1nc(C(=O)CC2(c3ccc(SC(F)(F)F)cc3)CC2)cc(=O)[nH]1. The maximum atomic E-state index is 12.7. The average molecular weight is 397 g/mol. The summed E-state index contributed by atoms with van der Waals surface area (Å²) < 4.78 is 37.3. The van der Waals surface area contributed by atoms with Crippen LogP contribution in [0.25, 0.3) is 0 Å². The molecule has 1 heterocycles. The summed E-state index contributed by atoms with van der Waals surface area (Å²) >= 11 is -0.163. The number of nitrogens with zero attached hydrogens (tertiary/aromatic N) is 2. The molecular weight excluding hydrogens is 379 g/mol. The lowest BCUT2D eigenvalue weighted by atomic mass is 9.90. The first-order chi connectivity index (χ1) is 12.6. The number of benzene rings is 1. The van der Waals surface area contributed by atoms with E-state index in [9.17, 15) is 22.8 Å². The van der Waals surface area contributed by atoms with Crippen molar-refractivity contribution in [2.75, 3.05) is 19.0 Å². The number of aromatic nitrogens is 2. The van der Waals surface area contributed by atoms with E-state index in [0.717, 1.165) is 18.4 Å². The van der Waals surface area contributed by atoms with Crippen LogP contribution in [0.5, 0.6) is 0 Å². The largest absolute Gasteiger partial charge is 0.446 e. The molecule has 0 radical (unpaired) electrons. The van der Waals surface area contributed by atoms with E-state index >= 15 is 0 Å². The Morgan fingerprint density at radius 2 is 1.89 bits per heavy atom. The minimum atomic E-state index is -4.33. The number of alkyl halides is 3. The van der Waals surface area contributed by atoms with Crippen molar-refractivity contribution in [3.63, 3.8) is 0 Å². The molecule has 1 N–H and O–H groups in total. The number of H-pyrrole nitrogens is 1. The minimum Gasteiger partial charge on any atom is -0.348 e. The number of halogens is 3. The van der Waals surface area contributed by atoms with Crippen molar-refractivity contribution in [1.29, 1.82) is 0 Å². The predicted octanol–water partition coefficient (Wildman–Crippen LogP) is 3.75. The Bertz CT molecular complexity index is 903. The number of thioether (sulfide) groups is 1. The molecule has 1 aliphatic carbocycles. The number of ketones is 1. The van der Waals surface area contributed by atoms with Gasteiger partial charge in [-0.05, 0) is 42.3 Å². The lowest BCUT2D eigenvalue weighted by molar-refractivity contribution is -0.0328. The van der Waals surface area contributed by atoms with Gasteiger partial charge in [0.2, 0.25) is 5.95 Å². The molecule has 0 bridgehead atoms. The van der Waals surface area contributed by atoms with E-state index in [2.05, 4.69) is 9.97 Å². The molecule has 1 aromatic carbocycles. The van der Waals surface area contributed by atoms with Crippen LogP contribution in [0.4, 0.5) is 19.1 Å². The number of anilines is 1. The Morgan fingerprint density at radius 3 is 2.41 bits per heavy atom. The molecular formula is C18H18F3N3O2S. The van der Waals surface area contributed by atoms with E-state index in [1.807, 2.05) is 0 Å². The standard InChI is InChI=1S/C18H18F3N3O2S/c1-24(2)16-22-13(9-15(26)23-16)14(25)10-17(7-8-17)11-3-5-12(6-4-11)27-18(19,20)21/h3-6,9H,7-8,10H2,1-2H3,(H,22,23,26). The molecule has 0 saturated heterocycles. The second-order valence-electron chi connectivity index (χ2n) is 6.80. The van der Waals surface area contributed by atoms with Crippen LogP contribution in [-0.4, -0.2) is 35.4 Å². The Morgan fingerprint density at radius 1 is 1.26 bits per heavy atom. The molecule has 0 atom stereocenters. The van der Waals surface area contributed by atoms with Gasteiger partial charge in [-0.25, -0.2) is 4.98 Å². The Kier molecular flexibility index (Phi) is 5.07. The number of rotatable bonds is 6. The average Bonchev–Trinajstić information content (AvgIpc) is 3.34. The van der Waals surface area contributed by atoms with Gasteiger partial charge in [0, 0.05) is 36.9 Å². The number of aromatic amines is 1. The van der Waals surface area contributed by atoms with E-state index < -0.39 is 11.1 Å². The topological polar surface area (TPSA) is 66.1 Å². The Labute approximate surface area is 158 Å². The van der Waals surface area contributed by atoms with E-state index in [1.54, 1.807) is 31.1 Å². The van der Waals surface area contributed by atoms with Gasteiger partial charge in [-0.3, -0.25) is 14.6 Å². The summed E-state index contributed by atoms with van der Waals surface area (Å²) in [5.74, 6) is 0.0414. The molecule has 2 aromatic rings. The lowest BCUT2D eigenvalue weighted by Crippen LogP contribution is -2.22. The highest BCUT2D eigenvalue weighted by Gasteiger charge is 2.46. The first kappa shape index (κ1) is 19.5. The summed E-state index contributed by atoms with van der Waals surface area (Å²) in [5, 5.41) is 0. The number of hydrogen-bond donors (Lipinski definition) is 1. The van der Waals surface area contributed by atoms with Gasteiger partial charge in [0.25, 0.3) is 5.56 Å². The van der Waals surface area contributed by atoms with Gasteiger partial charge >= 0.3 is 5.51 Å². The lowest BCUT2D eigenvalue weighted by Gasteiger charge is -2.16. The van der Waals surface area contributed by atoms with Crippen molar-refractivity contribution in [1.82, 2.24) is 9.97 Å². The van der Waals surface area contributed by atoms with E-state index in [-0.39, 0.29) is 40.0 Å². The minimum absolute atomic E-state index is 0.0953. The van der Waals surface area contributed by atoms with Crippen LogP contribution in [0.2, 0.25) is 0 Å². The second-order valence-corrected chi connectivity index (χ2v) is 7.94. The second kappa shape index (κ2) is 7.03. The summed E-state index contributed by atoms with van der Waals surface area (Å²) in [4.78, 5) is 32.9. The molecule has 0 amide bonds. The predicted molar refractivity (Wildman–Crippen MR) is 97.4 cm³/mol. The van der Waals surface area contributed by atoms with Gasteiger partial charge in [-0.1, -0.05) is 12.1 Å². The molecule has 1 aromatic heterocycles. The zero-order valence-electron chi connectivity index (χ0n) is 14.8. The quantitative estimate of drug-likeness (QED) is 0.594. The van der Waals surface area contributed by atoms with Gasteiger partial charge in [0.1, 0.15) is 5.69 Å². The van der Waals surface area contributed by atoms with Crippen LogP contribution in [0.1, 0.15) is 35.3 Å². The molecule has 1 aliphatic rings. The fraction of sp³-hybridized carbons (Fsp3) is 0.389. The molecule has 1 fully saturated rings. The highest BCUT2D eigenvalue weighted by atomic mass is 32.2. The zero-order valence-corrected chi connectivity index (χ0v) is 15.6. The molecule has 5 nitrogen and oxygen atoms in total. The Hall–Kier alpha value is -2.29. The highest BCUT2D eigenvalue weighted by Crippen LogP contribution is 2.52. The third kappa shape index (κ3) is 4.71. The smallest absolute Gasteiger partial charge is 0.348 e. The van der Waals surface area contributed by atoms with Crippen molar-refractivity contribution in [2.45, 2.75) is 35.1 Å². The van der Waals surface area contributed by atoms with Crippen molar-refractivity contribution in [2.24, 2.45) is 0 Å². The highest BCUT2D eigenvalue weighted by molar-refractivity contribution is 8.00. The van der Waals surface area contributed by atoms with Crippen LogP contribution in [0.3, 0.4) is 0 Å². The fourth-order valence-electron chi connectivity index (χ4n) is 2.93. The van der Waals surface area contributed by atoms with Gasteiger partial charge in [0.05, 0.1) is 0 Å². The number of nitrogens with one attached hydrogen (secondary N) is 1. The van der Waals surface area contributed by atoms with E-state index in [1.165, 1.54) is 18.2 Å². The van der Waals surface area contributed by atoms with Gasteiger partial charge < -0.3 is 4.90 Å². The Balaban J connectivity index is 1.77. The van der Waals surface area contributed by atoms with Crippen LogP contribution in [-0.2, 0) is 5.41 Å². The summed E-state index contributed by atoms with van der Waals surface area (Å²) in [6, 6.07) is 7.31. The van der Waals surface area contributed by atoms with Crippen molar-refractivity contribution in [3.8, 4) is 0 Å². The number of hydrogen-bond acceptors (Lipinski definition) is 5.